The van der Waals surface area contributed by atoms with Crippen molar-refractivity contribution in [1.29, 1.82) is 0 Å². The van der Waals surface area contributed by atoms with Crippen molar-refractivity contribution >= 4 is 5.69 Å². The Hall–Kier alpha value is -2.21. The molecule has 0 spiro atoms. The molecule has 0 aliphatic heterocycles. The molecule has 6 heteroatoms. The number of hydrogen-bond donors (Lipinski definition) is 1. The molecule has 0 bridgehead atoms. The number of nitrogens with two attached hydrogens (primary N) is 1. The standard InChI is InChI=1S/C12H13N3O3/c1-8-2-3-10(15(16)17)9(6-8)11-7-14-12(18-11)4-5-13/h2-3,6-7H,4-5,13H2,1H3. The van der Waals surface area contributed by atoms with Crippen LogP contribution in [0.4, 0.5) is 5.69 Å². The van der Waals surface area contributed by atoms with Crippen molar-refractivity contribution < 1.29 is 9.34 Å². The zero-order valence-electron chi connectivity index (χ0n) is 9.92. The molecular formula is C12H13N3O3. The van der Waals surface area contributed by atoms with Gasteiger partial charge in [0.25, 0.3) is 5.69 Å². The maximum absolute atomic E-state index is 11.0. The summed E-state index contributed by atoms with van der Waals surface area (Å²) in [6, 6.07) is 4.87. The molecule has 0 saturated carbocycles. The van der Waals surface area contributed by atoms with Crippen LogP contribution in [0.3, 0.4) is 0 Å². The van der Waals surface area contributed by atoms with Crippen LogP contribution >= 0.6 is 0 Å². The summed E-state index contributed by atoms with van der Waals surface area (Å²) >= 11 is 0. The van der Waals surface area contributed by atoms with Gasteiger partial charge in [-0.15, -0.1) is 0 Å². The summed E-state index contributed by atoms with van der Waals surface area (Å²) in [5, 5.41) is 11.0. The van der Waals surface area contributed by atoms with E-state index in [1.165, 1.54) is 12.3 Å². The van der Waals surface area contributed by atoms with Crippen LogP contribution in [-0.4, -0.2) is 16.5 Å². The summed E-state index contributed by atoms with van der Waals surface area (Å²) in [6.45, 7) is 2.29. The number of nitrogens with zero attached hydrogens (tertiary/aromatic N) is 2. The summed E-state index contributed by atoms with van der Waals surface area (Å²) in [6.07, 6.45) is 2.01. The lowest BCUT2D eigenvalue weighted by Crippen LogP contribution is -2.02. The van der Waals surface area contributed by atoms with Crippen molar-refractivity contribution in [3.63, 3.8) is 0 Å². The Labute approximate surface area is 104 Å². The van der Waals surface area contributed by atoms with Gasteiger partial charge in [0, 0.05) is 19.0 Å². The highest BCUT2D eigenvalue weighted by Gasteiger charge is 2.18. The summed E-state index contributed by atoms with van der Waals surface area (Å²) in [7, 11) is 0. The van der Waals surface area contributed by atoms with Crippen molar-refractivity contribution in [3.8, 4) is 11.3 Å². The largest absolute Gasteiger partial charge is 0.440 e. The van der Waals surface area contributed by atoms with Gasteiger partial charge in [-0.25, -0.2) is 4.98 Å². The smallest absolute Gasteiger partial charge is 0.280 e. The molecule has 0 atom stereocenters. The third kappa shape index (κ3) is 2.38. The Bertz CT molecular complexity index is 578. The van der Waals surface area contributed by atoms with E-state index in [0.717, 1.165) is 5.56 Å². The first-order chi connectivity index (χ1) is 8.61. The number of oxazole rings is 1. The van der Waals surface area contributed by atoms with Gasteiger partial charge in [-0.05, 0) is 18.6 Å². The van der Waals surface area contributed by atoms with E-state index < -0.39 is 4.92 Å². The molecule has 0 radical (unpaired) electrons. The van der Waals surface area contributed by atoms with E-state index in [9.17, 15) is 10.1 Å². The average molecular weight is 247 g/mol. The predicted molar refractivity (Wildman–Crippen MR) is 66.1 cm³/mol. The molecule has 1 aromatic heterocycles. The quantitative estimate of drug-likeness (QED) is 0.659. The molecule has 18 heavy (non-hydrogen) atoms. The molecule has 94 valence electrons. The first-order valence-corrected chi connectivity index (χ1v) is 5.52. The minimum atomic E-state index is -0.431. The van der Waals surface area contributed by atoms with Crippen LogP contribution in [0, 0.1) is 17.0 Å². The molecule has 2 aromatic rings. The van der Waals surface area contributed by atoms with E-state index in [0.29, 0.717) is 30.2 Å². The molecular weight excluding hydrogens is 234 g/mol. The lowest BCUT2D eigenvalue weighted by atomic mass is 10.1. The second-order valence-electron chi connectivity index (χ2n) is 3.93. The molecule has 1 aromatic carbocycles. The molecule has 0 aliphatic carbocycles. The molecule has 0 fully saturated rings. The van der Waals surface area contributed by atoms with E-state index in [1.807, 2.05) is 6.92 Å². The minimum Gasteiger partial charge on any atom is -0.440 e. The molecule has 1 heterocycles. The Morgan fingerprint density at radius 1 is 1.50 bits per heavy atom. The number of aromatic nitrogens is 1. The van der Waals surface area contributed by atoms with Crippen LogP contribution in [0.15, 0.2) is 28.8 Å². The van der Waals surface area contributed by atoms with Gasteiger partial charge in [-0.1, -0.05) is 6.07 Å². The van der Waals surface area contributed by atoms with Crippen molar-refractivity contribution in [2.45, 2.75) is 13.3 Å². The predicted octanol–water partition coefficient (Wildman–Crippen LogP) is 2.06. The number of nitro benzene ring substituents is 1. The van der Waals surface area contributed by atoms with E-state index in [2.05, 4.69) is 4.98 Å². The normalized spacial score (nSPS) is 10.6. The number of rotatable bonds is 4. The summed E-state index contributed by atoms with van der Waals surface area (Å²) in [5.41, 5.74) is 6.78. The van der Waals surface area contributed by atoms with Gasteiger partial charge in [0.2, 0.25) is 0 Å². The molecule has 2 N–H and O–H groups in total. The summed E-state index contributed by atoms with van der Waals surface area (Å²) < 4.78 is 5.46. The maximum Gasteiger partial charge on any atom is 0.280 e. The van der Waals surface area contributed by atoms with Gasteiger partial charge in [-0.2, -0.15) is 0 Å². The monoisotopic (exact) mass is 247 g/mol. The van der Waals surface area contributed by atoms with E-state index in [-0.39, 0.29) is 5.69 Å². The molecule has 2 rings (SSSR count). The molecule has 0 aliphatic rings. The molecule has 0 unspecified atom stereocenters. The first kappa shape index (κ1) is 12.3. The Morgan fingerprint density at radius 2 is 2.28 bits per heavy atom. The van der Waals surface area contributed by atoms with Crippen molar-refractivity contribution in [2.75, 3.05) is 6.54 Å². The van der Waals surface area contributed by atoms with E-state index >= 15 is 0 Å². The zero-order valence-corrected chi connectivity index (χ0v) is 9.92. The second-order valence-corrected chi connectivity index (χ2v) is 3.93. The SMILES string of the molecule is Cc1ccc([N+](=O)[O-])c(-c2cnc(CCN)o2)c1. The number of hydrogen-bond acceptors (Lipinski definition) is 5. The topological polar surface area (TPSA) is 95.2 Å². The fourth-order valence-corrected chi connectivity index (χ4v) is 1.68. The van der Waals surface area contributed by atoms with Crippen LogP contribution in [0.2, 0.25) is 0 Å². The Kier molecular flexibility index (Phi) is 3.38. The minimum absolute atomic E-state index is 0.0102. The lowest BCUT2D eigenvalue weighted by Gasteiger charge is -2.00. The number of aryl methyl sites for hydroxylation is 1. The third-order valence-electron chi connectivity index (χ3n) is 2.53. The van der Waals surface area contributed by atoms with Crippen LogP contribution in [0.25, 0.3) is 11.3 Å². The lowest BCUT2D eigenvalue weighted by molar-refractivity contribution is -0.384. The zero-order chi connectivity index (χ0) is 13.1. The highest BCUT2D eigenvalue weighted by atomic mass is 16.6. The fourth-order valence-electron chi connectivity index (χ4n) is 1.68. The molecule has 0 saturated heterocycles. The molecule has 0 amide bonds. The van der Waals surface area contributed by atoms with Gasteiger partial charge in [-0.3, -0.25) is 10.1 Å². The third-order valence-corrected chi connectivity index (χ3v) is 2.53. The Balaban J connectivity index is 2.47. The van der Waals surface area contributed by atoms with Gasteiger partial charge in [0.05, 0.1) is 16.7 Å². The van der Waals surface area contributed by atoms with Crippen LogP contribution in [-0.2, 0) is 6.42 Å². The van der Waals surface area contributed by atoms with Crippen molar-refractivity contribution in [1.82, 2.24) is 4.98 Å². The number of benzene rings is 1. The van der Waals surface area contributed by atoms with Crippen LogP contribution in [0.5, 0.6) is 0 Å². The highest BCUT2D eigenvalue weighted by Crippen LogP contribution is 2.31. The fraction of sp³-hybridized carbons (Fsp3) is 0.250. The summed E-state index contributed by atoms with van der Waals surface area (Å²) in [5.74, 6) is 0.886. The van der Waals surface area contributed by atoms with Crippen LogP contribution < -0.4 is 5.73 Å². The number of nitro groups is 1. The van der Waals surface area contributed by atoms with E-state index in [4.69, 9.17) is 10.2 Å². The van der Waals surface area contributed by atoms with Crippen LogP contribution in [0.1, 0.15) is 11.5 Å². The molecule has 6 nitrogen and oxygen atoms in total. The summed E-state index contributed by atoms with van der Waals surface area (Å²) in [4.78, 5) is 14.6. The van der Waals surface area contributed by atoms with Gasteiger partial charge in [0.1, 0.15) is 0 Å². The van der Waals surface area contributed by atoms with Crippen molar-refractivity contribution in [2.24, 2.45) is 5.73 Å². The van der Waals surface area contributed by atoms with Crippen molar-refractivity contribution in [3.05, 3.63) is 46.0 Å². The van der Waals surface area contributed by atoms with Gasteiger partial charge in [0.15, 0.2) is 11.7 Å². The average Bonchev–Trinajstić information content (AvgIpc) is 2.77. The van der Waals surface area contributed by atoms with Gasteiger partial charge < -0.3 is 10.2 Å². The van der Waals surface area contributed by atoms with Gasteiger partial charge >= 0.3 is 0 Å². The second kappa shape index (κ2) is 4.97. The first-order valence-electron chi connectivity index (χ1n) is 5.52. The van der Waals surface area contributed by atoms with E-state index in [1.54, 1.807) is 12.1 Å². The maximum atomic E-state index is 11.0. The highest BCUT2D eigenvalue weighted by molar-refractivity contribution is 5.69. The Morgan fingerprint density at radius 3 is 2.94 bits per heavy atom.